The molecule has 1 aromatic carbocycles. The number of hydrogen-bond acceptors (Lipinski definition) is 5. The highest BCUT2D eigenvalue weighted by molar-refractivity contribution is 7.99. The van der Waals surface area contributed by atoms with E-state index in [4.69, 9.17) is 10.3 Å². The molecule has 0 spiro atoms. The van der Waals surface area contributed by atoms with Crippen LogP contribution in [0.15, 0.2) is 22.7 Å². The minimum Gasteiger partial charge on any atom is -0.399 e. The van der Waals surface area contributed by atoms with E-state index < -0.39 is 0 Å². The number of thioether (sulfide) groups is 1. The lowest BCUT2D eigenvalue weighted by Gasteiger charge is -2.01. The predicted octanol–water partition coefficient (Wildman–Crippen LogP) is 3.20. The van der Waals surface area contributed by atoms with E-state index in [1.54, 1.807) is 0 Å². The van der Waals surface area contributed by atoms with Gasteiger partial charge in [0.05, 0.1) is 5.25 Å². The lowest BCUT2D eigenvalue weighted by atomic mass is 10.1. The molecule has 1 fully saturated rings. The Morgan fingerprint density at radius 2 is 2.33 bits per heavy atom. The predicted molar refractivity (Wildman–Crippen MR) is 73.3 cm³/mol. The molecule has 94 valence electrons. The van der Waals surface area contributed by atoms with E-state index in [1.807, 2.05) is 36.9 Å². The Labute approximate surface area is 110 Å². The molecule has 3 rings (SSSR count). The van der Waals surface area contributed by atoms with Gasteiger partial charge in [-0.15, -0.1) is 0 Å². The third kappa shape index (κ3) is 2.10. The minimum atomic E-state index is 0.400. The first-order valence-electron chi connectivity index (χ1n) is 6.06. The van der Waals surface area contributed by atoms with Gasteiger partial charge in [-0.05, 0) is 49.3 Å². The maximum absolute atomic E-state index is 5.80. The van der Waals surface area contributed by atoms with Gasteiger partial charge < -0.3 is 10.3 Å². The van der Waals surface area contributed by atoms with E-state index in [0.717, 1.165) is 29.1 Å². The first kappa shape index (κ1) is 11.6. The average molecular weight is 261 g/mol. The second kappa shape index (κ2) is 4.65. The Bertz CT molecular complexity index is 561. The van der Waals surface area contributed by atoms with Crippen molar-refractivity contribution in [2.75, 3.05) is 11.5 Å². The molecule has 1 aromatic heterocycles. The summed E-state index contributed by atoms with van der Waals surface area (Å²) in [5.74, 6) is 2.60. The largest absolute Gasteiger partial charge is 0.399 e. The molecule has 1 aliphatic heterocycles. The lowest BCUT2D eigenvalue weighted by Crippen LogP contribution is -1.92. The highest BCUT2D eigenvalue weighted by Crippen LogP contribution is 2.38. The molecule has 2 aromatic rings. The summed E-state index contributed by atoms with van der Waals surface area (Å²) in [6, 6.07) is 5.77. The van der Waals surface area contributed by atoms with Crippen LogP contribution in [0, 0.1) is 6.92 Å². The molecule has 5 heteroatoms. The molecule has 0 radical (unpaired) electrons. The first-order valence-corrected chi connectivity index (χ1v) is 7.10. The second-order valence-electron chi connectivity index (χ2n) is 4.53. The molecular formula is C13H15N3OS. The van der Waals surface area contributed by atoms with E-state index in [1.165, 1.54) is 12.2 Å². The van der Waals surface area contributed by atoms with Crippen LogP contribution in [0.25, 0.3) is 11.5 Å². The van der Waals surface area contributed by atoms with Crippen LogP contribution >= 0.6 is 11.8 Å². The SMILES string of the molecule is Cc1cc(-c2nc(C3CCCS3)no2)ccc1N. The van der Waals surface area contributed by atoms with Crippen molar-refractivity contribution >= 4 is 17.4 Å². The van der Waals surface area contributed by atoms with Crippen LogP contribution in [0.2, 0.25) is 0 Å². The Hall–Kier alpha value is -1.49. The molecule has 0 saturated carbocycles. The zero-order chi connectivity index (χ0) is 12.5. The smallest absolute Gasteiger partial charge is 0.257 e. The molecule has 1 aliphatic rings. The number of rotatable bonds is 2. The number of aromatic nitrogens is 2. The number of aryl methyl sites for hydroxylation is 1. The summed E-state index contributed by atoms with van der Waals surface area (Å²) in [6.45, 7) is 1.98. The normalized spacial score (nSPS) is 19.3. The van der Waals surface area contributed by atoms with Crippen LogP contribution in [0.1, 0.15) is 29.5 Å². The Kier molecular flexibility index (Phi) is 2.99. The highest BCUT2D eigenvalue weighted by atomic mass is 32.2. The van der Waals surface area contributed by atoms with Crippen LogP contribution < -0.4 is 5.73 Å². The van der Waals surface area contributed by atoms with Gasteiger partial charge in [0.1, 0.15) is 0 Å². The van der Waals surface area contributed by atoms with E-state index in [-0.39, 0.29) is 0 Å². The quantitative estimate of drug-likeness (QED) is 0.841. The van der Waals surface area contributed by atoms with Gasteiger partial charge >= 0.3 is 0 Å². The number of benzene rings is 1. The molecule has 4 nitrogen and oxygen atoms in total. The molecular weight excluding hydrogens is 246 g/mol. The van der Waals surface area contributed by atoms with Crippen LogP contribution in [-0.2, 0) is 0 Å². The zero-order valence-corrected chi connectivity index (χ0v) is 11.0. The highest BCUT2D eigenvalue weighted by Gasteiger charge is 2.23. The maximum Gasteiger partial charge on any atom is 0.257 e. The lowest BCUT2D eigenvalue weighted by molar-refractivity contribution is 0.421. The molecule has 0 aliphatic carbocycles. The van der Waals surface area contributed by atoms with Gasteiger partial charge in [-0.3, -0.25) is 0 Å². The van der Waals surface area contributed by atoms with Crippen LogP contribution in [0.4, 0.5) is 5.69 Å². The molecule has 2 N–H and O–H groups in total. The van der Waals surface area contributed by atoms with Crippen LogP contribution in [0.5, 0.6) is 0 Å². The summed E-state index contributed by atoms with van der Waals surface area (Å²) in [5, 5.41) is 4.49. The van der Waals surface area contributed by atoms with Crippen molar-refractivity contribution in [3.63, 3.8) is 0 Å². The number of nitrogens with two attached hydrogens (primary N) is 1. The van der Waals surface area contributed by atoms with E-state index in [9.17, 15) is 0 Å². The van der Waals surface area contributed by atoms with Gasteiger partial charge in [0, 0.05) is 11.3 Å². The van der Waals surface area contributed by atoms with E-state index >= 15 is 0 Å². The van der Waals surface area contributed by atoms with Crippen molar-refractivity contribution in [3.8, 4) is 11.5 Å². The van der Waals surface area contributed by atoms with Gasteiger partial charge in [0.15, 0.2) is 5.82 Å². The molecule has 0 amide bonds. The molecule has 2 heterocycles. The van der Waals surface area contributed by atoms with Crippen molar-refractivity contribution in [1.29, 1.82) is 0 Å². The Balaban J connectivity index is 1.89. The number of nitrogen functional groups attached to an aromatic ring is 1. The molecule has 1 unspecified atom stereocenters. The third-order valence-electron chi connectivity index (χ3n) is 3.18. The standard InChI is InChI=1S/C13H15N3OS/c1-8-7-9(4-5-10(8)14)13-15-12(16-17-13)11-3-2-6-18-11/h4-5,7,11H,2-3,6,14H2,1H3. The van der Waals surface area contributed by atoms with E-state index in [2.05, 4.69) is 10.1 Å². The summed E-state index contributed by atoms with van der Waals surface area (Å²) in [7, 11) is 0. The minimum absolute atomic E-state index is 0.400. The fourth-order valence-corrected chi connectivity index (χ4v) is 3.27. The Morgan fingerprint density at radius 1 is 1.44 bits per heavy atom. The van der Waals surface area contributed by atoms with Crippen molar-refractivity contribution in [2.24, 2.45) is 0 Å². The summed E-state index contributed by atoms with van der Waals surface area (Å²) in [4.78, 5) is 4.49. The van der Waals surface area contributed by atoms with Gasteiger partial charge in [-0.25, -0.2) is 0 Å². The van der Waals surface area contributed by atoms with Gasteiger partial charge in [-0.1, -0.05) is 5.16 Å². The van der Waals surface area contributed by atoms with Gasteiger partial charge in [-0.2, -0.15) is 16.7 Å². The molecule has 1 saturated heterocycles. The molecule has 0 bridgehead atoms. The van der Waals surface area contributed by atoms with Crippen molar-refractivity contribution in [3.05, 3.63) is 29.6 Å². The first-order chi connectivity index (χ1) is 8.74. The van der Waals surface area contributed by atoms with Crippen LogP contribution in [0.3, 0.4) is 0 Å². The fraction of sp³-hybridized carbons (Fsp3) is 0.385. The summed E-state index contributed by atoms with van der Waals surface area (Å²) >= 11 is 1.90. The van der Waals surface area contributed by atoms with Crippen LogP contribution in [-0.4, -0.2) is 15.9 Å². The summed E-state index contributed by atoms with van der Waals surface area (Å²) in [5.41, 5.74) is 8.55. The van der Waals surface area contributed by atoms with E-state index in [0.29, 0.717) is 11.1 Å². The Morgan fingerprint density at radius 3 is 3.06 bits per heavy atom. The maximum atomic E-state index is 5.80. The number of hydrogen-bond donors (Lipinski definition) is 1. The second-order valence-corrected chi connectivity index (χ2v) is 5.84. The van der Waals surface area contributed by atoms with Crippen molar-refractivity contribution in [2.45, 2.75) is 25.0 Å². The summed E-state index contributed by atoms with van der Waals surface area (Å²) in [6.07, 6.45) is 2.38. The topological polar surface area (TPSA) is 64.9 Å². The zero-order valence-electron chi connectivity index (χ0n) is 10.2. The van der Waals surface area contributed by atoms with Crippen molar-refractivity contribution < 1.29 is 4.52 Å². The van der Waals surface area contributed by atoms with Gasteiger partial charge in [0.25, 0.3) is 5.89 Å². The van der Waals surface area contributed by atoms with Crippen molar-refractivity contribution in [1.82, 2.24) is 10.1 Å². The molecule has 1 atom stereocenters. The molecule has 18 heavy (non-hydrogen) atoms. The number of anilines is 1. The third-order valence-corrected chi connectivity index (χ3v) is 4.55. The average Bonchev–Trinajstić information content (AvgIpc) is 3.01. The van der Waals surface area contributed by atoms with Gasteiger partial charge in [0.2, 0.25) is 0 Å². The fourth-order valence-electron chi connectivity index (χ4n) is 2.07. The number of nitrogens with zero attached hydrogens (tertiary/aromatic N) is 2. The summed E-state index contributed by atoms with van der Waals surface area (Å²) < 4.78 is 5.34. The monoisotopic (exact) mass is 261 g/mol.